The van der Waals surface area contributed by atoms with Crippen molar-refractivity contribution in [1.82, 2.24) is 10.6 Å². The Morgan fingerprint density at radius 3 is 2.80 bits per heavy atom. The van der Waals surface area contributed by atoms with Crippen LogP contribution in [-0.4, -0.2) is 38.2 Å². The molecule has 7 heteroatoms. The summed E-state index contributed by atoms with van der Waals surface area (Å²) in [6, 6.07) is 13.4. The first-order valence-electron chi connectivity index (χ1n) is 10.2. The molecule has 1 aliphatic rings. The molecule has 1 amide bonds. The molecule has 30 heavy (non-hydrogen) atoms. The van der Waals surface area contributed by atoms with Crippen LogP contribution in [0.15, 0.2) is 47.5 Å². The second-order valence-electron chi connectivity index (χ2n) is 7.40. The summed E-state index contributed by atoms with van der Waals surface area (Å²) in [6.07, 6.45) is 2.32. The molecule has 1 aliphatic heterocycles. The van der Waals surface area contributed by atoms with E-state index in [1.165, 1.54) is 0 Å². The maximum absolute atomic E-state index is 11.3. The van der Waals surface area contributed by atoms with Crippen LogP contribution in [0.1, 0.15) is 39.9 Å². The highest BCUT2D eigenvalue weighted by atomic mass is 16.5. The Morgan fingerprint density at radius 2 is 2.07 bits per heavy atom. The molecule has 1 heterocycles. The lowest BCUT2D eigenvalue weighted by atomic mass is 10.1. The van der Waals surface area contributed by atoms with Crippen LogP contribution in [0.5, 0.6) is 5.75 Å². The fourth-order valence-electron chi connectivity index (χ4n) is 3.32. The quantitative estimate of drug-likeness (QED) is 0.459. The molecule has 1 unspecified atom stereocenters. The zero-order chi connectivity index (χ0) is 21.3. The number of nitrogens with zero attached hydrogens (tertiary/aromatic N) is 1. The van der Waals surface area contributed by atoms with E-state index in [1.54, 1.807) is 19.2 Å². The maximum Gasteiger partial charge on any atom is 0.248 e. The highest BCUT2D eigenvalue weighted by Gasteiger charge is 2.17. The van der Waals surface area contributed by atoms with Crippen molar-refractivity contribution >= 4 is 11.9 Å². The van der Waals surface area contributed by atoms with Crippen LogP contribution in [0.3, 0.4) is 0 Å². The van der Waals surface area contributed by atoms with E-state index in [9.17, 15) is 4.79 Å². The van der Waals surface area contributed by atoms with Gasteiger partial charge < -0.3 is 25.8 Å². The molecule has 0 saturated carbocycles. The Kier molecular flexibility index (Phi) is 7.68. The van der Waals surface area contributed by atoms with E-state index in [-0.39, 0.29) is 6.10 Å². The molecule has 160 valence electrons. The van der Waals surface area contributed by atoms with Crippen molar-refractivity contribution in [1.29, 1.82) is 0 Å². The molecule has 2 aromatic carbocycles. The average molecular weight is 411 g/mol. The summed E-state index contributed by atoms with van der Waals surface area (Å²) in [7, 11) is 1.72. The van der Waals surface area contributed by atoms with E-state index in [2.05, 4.69) is 40.7 Å². The number of nitrogens with one attached hydrogen (secondary N) is 2. The lowest BCUT2D eigenvalue weighted by Crippen LogP contribution is -2.36. The molecule has 0 aliphatic carbocycles. The van der Waals surface area contributed by atoms with Crippen molar-refractivity contribution in [3.05, 3.63) is 64.7 Å². The molecular weight excluding hydrogens is 380 g/mol. The average Bonchev–Trinajstić information content (AvgIpc) is 3.27. The first-order valence-corrected chi connectivity index (χ1v) is 10.2. The van der Waals surface area contributed by atoms with Crippen molar-refractivity contribution < 1.29 is 14.3 Å². The number of benzene rings is 2. The Bertz CT molecular complexity index is 892. The predicted molar refractivity (Wildman–Crippen MR) is 118 cm³/mol. The van der Waals surface area contributed by atoms with Crippen LogP contribution < -0.4 is 21.1 Å². The molecule has 0 aromatic heterocycles. The number of aryl methyl sites for hydroxylation is 1. The lowest BCUT2D eigenvalue weighted by Gasteiger charge is -2.17. The second-order valence-corrected chi connectivity index (χ2v) is 7.40. The number of aliphatic imine (C=N–C) groups is 1. The van der Waals surface area contributed by atoms with E-state index in [1.807, 2.05) is 12.1 Å². The number of primary amides is 1. The highest BCUT2D eigenvalue weighted by molar-refractivity contribution is 5.92. The number of rotatable bonds is 8. The van der Waals surface area contributed by atoms with Crippen LogP contribution in [0.2, 0.25) is 0 Å². The van der Waals surface area contributed by atoms with Crippen molar-refractivity contribution in [2.45, 2.75) is 39.0 Å². The zero-order valence-electron chi connectivity index (χ0n) is 17.6. The van der Waals surface area contributed by atoms with Gasteiger partial charge in [0.1, 0.15) is 12.4 Å². The Morgan fingerprint density at radius 1 is 1.23 bits per heavy atom. The van der Waals surface area contributed by atoms with E-state index in [4.69, 9.17) is 15.2 Å². The third kappa shape index (κ3) is 6.22. The van der Waals surface area contributed by atoms with Gasteiger partial charge >= 0.3 is 0 Å². The number of carbonyl (C=O) groups is 1. The minimum atomic E-state index is -0.436. The smallest absolute Gasteiger partial charge is 0.248 e. The van der Waals surface area contributed by atoms with Gasteiger partial charge in [-0.2, -0.15) is 0 Å². The summed E-state index contributed by atoms with van der Waals surface area (Å²) in [6.45, 7) is 4.54. The van der Waals surface area contributed by atoms with Crippen LogP contribution in [0, 0.1) is 6.92 Å². The number of hydrogen-bond donors (Lipinski definition) is 3. The molecule has 0 spiro atoms. The van der Waals surface area contributed by atoms with Crippen LogP contribution in [0.25, 0.3) is 0 Å². The standard InChI is InChI=1S/C23H30N4O3/c1-16-8-9-19(21(11-16)30-15-20-7-4-10-29-20)14-27-23(25-2)26-13-17-5-3-6-18(12-17)22(24)28/h3,5-6,8-9,11-12,20H,4,7,10,13-15H2,1-2H3,(H2,24,28)(H2,25,26,27). The topological polar surface area (TPSA) is 98.0 Å². The van der Waals surface area contributed by atoms with Gasteiger partial charge in [-0.05, 0) is 49.1 Å². The van der Waals surface area contributed by atoms with Crippen molar-refractivity contribution in [3.8, 4) is 5.75 Å². The lowest BCUT2D eigenvalue weighted by molar-refractivity contribution is 0.0676. The van der Waals surface area contributed by atoms with E-state index >= 15 is 0 Å². The van der Waals surface area contributed by atoms with Crippen molar-refractivity contribution in [2.75, 3.05) is 20.3 Å². The van der Waals surface area contributed by atoms with Crippen molar-refractivity contribution in [2.24, 2.45) is 10.7 Å². The van der Waals surface area contributed by atoms with E-state index < -0.39 is 5.91 Å². The van der Waals surface area contributed by atoms with Gasteiger partial charge in [0.15, 0.2) is 5.96 Å². The first-order chi connectivity index (χ1) is 14.5. The molecular formula is C23H30N4O3. The molecule has 1 atom stereocenters. The summed E-state index contributed by atoms with van der Waals surface area (Å²) in [4.78, 5) is 15.6. The summed E-state index contributed by atoms with van der Waals surface area (Å²) in [5, 5.41) is 6.57. The molecule has 3 rings (SSSR count). The van der Waals surface area contributed by atoms with Gasteiger partial charge in [0.2, 0.25) is 5.91 Å². The second kappa shape index (κ2) is 10.6. The highest BCUT2D eigenvalue weighted by Crippen LogP contribution is 2.22. The molecule has 0 bridgehead atoms. The van der Waals surface area contributed by atoms with Gasteiger partial charge in [0, 0.05) is 37.9 Å². The van der Waals surface area contributed by atoms with Gasteiger partial charge in [0.25, 0.3) is 0 Å². The Hall–Kier alpha value is -3.06. The van der Waals surface area contributed by atoms with Gasteiger partial charge in [-0.3, -0.25) is 9.79 Å². The van der Waals surface area contributed by atoms with Gasteiger partial charge in [-0.15, -0.1) is 0 Å². The number of amides is 1. The third-order valence-corrected chi connectivity index (χ3v) is 5.01. The Labute approximate surface area is 177 Å². The van der Waals surface area contributed by atoms with Crippen LogP contribution in [-0.2, 0) is 17.8 Å². The summed E-state index contributed by atoms with van der Waals surface area (Å²) < 4.78 is 11.7. The Balaban J connectivity index is 1.56. The monoisotopic (exact) mass is 410 g/mol. The normalized spacial score (nSPS) is 16.3. The molecule has 4 N–H and O–H groups in total. The predicted octanol–water partition coefficient (Wildman–Crippen LogP) is 2.52. The number of nitrogens with two attached hydrogens (primary N) is 1. The van der Waals surface area contributed by atoms with Gasteiger partial charge in [0.05, 0.1) is 6.10 Å². The van der Waals surface area contributed by atoms with E-state index in [0.29, 0.717) is 31.2 Å². The summed E-state index contributed by atoms with van der Waals surface area (Å²) in [5.41, 5.74) is 8.99. The minimum absolute atomic E-state index is 0.178. The number of ether oxygens (including phenoxy) is 2. The fraction of sp³-hybridized carbons (Fsp3) is 0.391. The molecule has 0 radical (unpaired) electrons. The summed E-state index contributed by atoms with van der Waals surface area (Å²) >= 11 is 0. The molecule has 1 saturated heterocycles. The van der Waals surface area contributed by atoms with Gasteiger partial charge in [-0.25, -0.2) is 0 Å². The molecule has 7 nitrogen and oxygen atoms in total. The number of carbonyl (C=O) groups excluding carboxylic acids is 1. The minimum Gasteiger partial charge on any atom is -0.491 e. The van der Waals surface area contributed by atoms with Crippen molar-refractivity contribution in [3.63, 3.8) is 0 Å². The van der Waals surface area contributed by atoms with Crippen LogP contribution in [0.4, 0.5) is 0 Å². The molecule has 2 aromatic rings. The van der Waals surface area contributed by atoms with E-state index in [0.717, 1.165) is 41.9 Å². The third-order valence-electron chi connectivity index (χ3n) is 5.01. The maximum atomic E-state index is 11.3. The number of hydrogen-bond acceptors (Lipinski definition) is 4. The van der Waals surface area contributed by atoms with Gasteiger partial charge in [-0.1, -0.05) is 24.3 Å². The SMILES string of the molecule is CN=C(NCc1cccc(C(N)=O)c1)NCc1ccc(C)cc1OCC1CCCO1. The fourth-order valence-corrected chi connectivity index (χ4v) is 3.32. The largest absolute Gasteiger partial charge is 0.491 e. The first kappa shape index (κ1) is 21.6. The molecule has 1 fully saturated rings. The zero-order valence-corrected chi connectivity index (χ0v) is 17.6. The summed E-state index contributed by atoms with van der Waals surface area (Å²) in [5.74, 6) is 1.09. The number of guanidine groups is 1. The van der Waals surface area contributed by atoms with Crippen LogP contribution >= 0.6 is 0 Å².